The minimum absolute atomic E-state index is 0.160. The number of imidazole rings is 1. The molecule has 0 bridgehead atoms. The van der Waals surface area contributed by atoms with E-state index < -0.39 is 0 Å². The molecule has 0 saturated carbocycles. The number of fused-ring (bicyclic) bond motifs is 2. The standard InChI is InChI=1S/C13H13N5OS/c14-12-10-13(16-5-15-12)18(6-17-10)9-3-7(4-19)11-8(9)1-2-20-11/h1-2,5-7,9,19H,3-4H2,(H2,14,15,16)/t7-,9-/m1/s1. The van der Waals surface area contributed by atoms with Crippen molar-refractivity contribution in [1.29, 1.82) is 0 Å². The van der Waals surface area contributed by atoms with E-state index in [1.807, 2.05) is 4.57 Å². The average molecular weight is 287 g/mol. The van der Waals surface area contributed by atoms with Crippen molar-refractivity contribution in [3.05, 3.63) is 34.5 Å². The van der Waals surface area contributed by atoms with E-state index in [0.717, 1.165) is 12.1 Å². The van der Waals surface area contributed by atoms with E-state index in [9.17, 15) is 5.11 Å². The molecule has 7 heteroatoms. The predicted octanol–water partition coefficient (Wildman–Crippen LogP) is 1.54. The molecule has 3 aromatic heterocycles. The van der Waals surface area contributed by atoms with Crippen molar-refractivity contribution in [1.82, 2.24) is 19.5 Å². The third-order valence-corrected chi connectivity index (χ3v) is 5.00. The van der Waals surface area contributed by atoms with Crippen molar-refractivity contribution in [2.75, 3.05) is 12.3 Å². The van der Waals surface area contributed by atoms with Gasteiger partial charge in [-0.15, -0.1) is 11.3 Å². The summed E-state index contributed by atoms with van der Waals surface area (Å²) in [5, 5.41) is 11.6. The minimum atomic E-state index is 0.160. The van der Waals surface area contributed by atoms with Crippen LogP contribution >= 0.6 is 11.3 Å². The Morgan fingerprint density at radius 3 is 3.15 bits per heavy atom. The van der Waals surface area contributed by atoms with Crippen LogP contribution in [0, 0.1) is 0 Å². The second-order valence-corrected chi connectivity index (χ2v) is 5.90. The maximum atomic E-state index is 9.54. The normalized spacial score (nSPS) is 21.4. The van der Waals surface area contributed by atoms with Crippen LogP contribution in [0.4, 0.5) is 5.82 Å². The summed E-state index contributed by atoms with van der Waals surface area (Å²) in [6, 6.07) is 2.28. The Bertz CT molecular complexity index is 780. The monoisotopic (exact) mass is 287 g/mol. The number of thiophene rings is 1. The topological polar surface area (TPSA) is 89.9 Å². The first-order valence-corrected chi connectivity index (χ1v) is 7.28. The summed E-state index contributed by atoms with van der Waals surface area (Å²) in [7, 11) is 0. The highest BCUT2D eigenvalue weighted by molar-refractivity contribution is 7.10. The lowest BCUT2D eigenvalue weighted by molar-refractivity contribution is 0.260. The summed E-state index contributed by atoms with van der Waals surface area (Å²) in [6.07, 6.45) is 4.10. The number of rotatable bonds is 2. The van der Waals surface area contributed by atoms with E-state index in [-0.39, 0.29) is 18.6 Å². The highest BCUT2D eigenvalue weighted by Crippen LogP contribution is 2.45. The summed E-state index contributed by atoms with van der Waals surface area (Å²) >= 11 is 1.70. The Balaban J connectivity index is 1.87. The number of hydrogen-bond acceptors (Lipinski definition) is 6. The van der Waals surface area contributed by atoms with Gasteiger partial charge in [0.05, 0.1) is 19.0 Å². The van der Waals surface area contributed by atoms with Gasteiger partial charge in [-0.2, -0.15) is 0 Å². The zero-order chi connectivity index (χ0) is 13.7. The van der Waals surface area contributed by atoms with Gasteiger partial charge in [0.1, 0.15) is 11.8 Å². The smallest absolute Gasteiger partial charge is 0.165 e. The Labute approximate surface area is 118 Å². The van der Waals surface area contributed by atoms with Crippen LogP contribution in [0.1, 0.15) is 28.8 Å². The van der Waals surface area contributed by atoms with Gasteiger partial charge in [0, 0.05) is 10.8 Å². The molecule has 1 aliphatic rings. The van der Waals surface area contributed by atoms with Crippen LogP contribution in [0.15, 0.2) is 24.1 Å². The average Bonchev–Trinajstić information content (AvgIpc) is 3.12. The van der Waals surface area contributed by atoms with Crippen molar-refractivity contribution < 1.29 is 5.11 Å². The largest absolute Gasteiger partial charge is 0.396 e. The minimum Gasteiger partial charge on any atom is -0.396 e. The fourth-order valence-corrected chi connectivity index (χ4v) is 4.03. The molecular weight excluding hydrogens is 274 g/mol. The summed E-state index contributed by atoms with van der Waals surface area (Å²) in [5.41, 5.74) is 8.47. The summed E-state index contributed by atoms with van der Waals surface area (Å²) in [6.45, 7) is 0.174. The van der Waals surface area contributed by atoms with Crippen LogP contribution in [-0.2, 0) is 0 Å². The first-order chi connectivity index (χ1) is 9.79. The Morgan fingerprint density at radius 1 is 1.40 bits per heavy atom. The fourth-order valence-electron chi connectivity index (χ4n) is 2.96. The van der Waals surface area contributed by atoms with Gasteiger partial charge in [0.2, 0.25) is 0 Å². The maximum absolute atomic E-state index is 9.54. The van der Waals surface area contributed by atoms with Crippen molar-refractivity contribution in [2.45, 2.75) is 18.4 Å². The number of aliphatic hydroxyl groups is 1. The zero-order valence-corrected chi connectivity index (χ0v) is 11.4. The Hall–Kier alpha value is -1.99. The number of nitrogen functional groups attached to an aromatic ring is 1. The highest BCUT2D eigenvalue weighted by Gasteiger charge is 2.33. The van der Waals surface area contributed by atoms with Gasteiger partial charge in [-0.3, -0.25) is 0 Å². The molecular formula is C13H13N5OS. The number of hydrogen-bond donors (Lipinski definition) is 2. The van der Waals surface area contributed by atoms with Crippen molar-refractivity contribution in [3.63, 3.8) is 0 Å². The number of aromatic nitrogens is 4. The van der Waals surface area contributed by atoms with Crippen LogP contribution in [0.3, 0.4) is 0 Å². The maximum Gasteiger partial charge on any atom is 0.165 e. The number of anilines is 1. The van der Waals surface area contributed by atoms with Crippen molar-refractivity contribution in [3.8, 4) is 0 Å². The first kappa shape index (κ1) is 11.8. The van der Waals surface area contributed by atoms with Gasteiger partial charge in [-0.25, -0.2) is 15.0 Å². The van der Waals surface area contributed by atoms with Gasteiger partial charge in [0.15, 0.2) is 11.5 Å². The molecule has 2 atom stereocenters. The molecule has 0 saturated heterocycles. The quantitative estimate of drug-likeness (QED) is 0.746. The van der Waals surface area contributed by atoms with E-state index in [1.54, 1.807) is 17.7 Å². The molecule has 3 N–H and O–H groups in total. The highest BCUT2D eigenvalue weighted by atomic mass is 32.1. The third-order valence-electron chi connectivity index (χ3n) is 3.91. The molecule has 0 radical (unpaired) electrons. The van der Waals surface area contributed by atoms with Crippen LogP contribution < -0.4 is 5.73 Å². The van der Waals surface area contributed by atoms with E-state index in [2.05, 4.69) is 26.4 Å². The molecule has 1 aliphatic carbocycles. The number of nitrogens with zero attached hydrogens (tertiary/aromatic N) is 4. The van der Waals surface area contributed by atoms with Crippen LogP contribution in [0.25, 0.3) is 11.2 Å². The molecule has 3 aromatic rings. The molecule has 6 nitrogen and oxygen atoms in total. The molecule has 4 rings (SSSR count). The van der Waals surface area contributed by atoms with Gasteiger partial charge in [-0.05, 0) is 23.4 Å². The lowest BCUT2D eigenvalue weighted by Gasteiger charge is -2.13. The molecule has 0 aromatic carbocycles. The van der Waals surface area contributed by atoms with Gasteiger partial charge >= 0.3 is 0 Å². The molecule has 0 spiro atoms. The molecule has 0 amide bonds. The molecule has 20 heavy (non-hydrogen) atoms. The Morgan fingerprint density at radius 2 is 2.30 bits per heavy atom. The zero-order valence-electron chi connectivity index (χ0n) is 10.6. The molecule has 3 heterocycles. The van der Waals surface area contributed by atoms with E-state index in [1.165, 1.54) is 16.8 Å². The van der Waals surface area contributed by atoms with Crippen molar-refractivity contribution >= 4 is 28.3 Å². The van der Waals surface area contributed by atoms with E-state index in [4.69, 9.17) is 5.73 Å². The first-order valence-electron chi connectivity index (χ1n) is 6.40. The summed E-state index contributed by atoms with van der Waals surface area (Å²) < 4.78 is 2.04. The second-order valence-electron chi connectivity index (χ2n) is 4.95. The van der Waals surface area contributed by atoms with Gasteiger partial charge < -0.3 is 15.4 Å². The molecule has 102 valence electrons. The molecule has 0 aliphatic heterocycles. The SMILES string of the molecule is Nc1ncnc2c1ncn2[C@@H]1C[C@H](CO)c2sccc21. The predicted molar refractivity (Wildman–Crippen MR) is 76.6 cm³/mol. The fraction of sp³-hybridized carbons (Fsp3) is 0.308. The summed E-state index contributed by atoms with van der Waals surface area (Å²) in [4.78, 5) is 13.9. The lowest BCUT2D eigenvalue weighted by Crippen LogP contribution is -2.08. The molecule has 0 unspecified atom stereocenters. The van der Waals surface area contributed by atoms with E-state index >= 15 is 0 Å². The van der Waals surface area contributed by atoms with Crippen LogP contribution in [0.5, 0.6) is 0 Å². The lowest BCUT2D eigenvalue weighted by atomic mass is 10.1. The molecule has 0 fully saturated rings. The third kappa shape index (κ3) is 1.50. The van der Waals surface area contributed by atoms with Gasteiger partial charge in [0.25, 0.3) is 0 Å². The van der Waals surface area contributed by atoms with E-state index in [0.29, 0.717) is 11.3 Å². The van der Waals surface area contributed by atoms with Crippen LogP contribution in [-0.4, -0.2) is 31.2 Å². The second kappa shape index (κ2) is 4.26. The number of aliphatic hydroxyl groups excluding tert-OH is 1. The van der Waals surface area contributed by atoms with Gasteiger partial charge in [-0.1, -0.05) is 0 Å². The summed E-state index contributed by atoms with van der Waals surface area (Å²) in [5.74, 6) is 0.600. The van der Waals surface area contributed by atoms with Crippen LogP contribution in [0.2, 0.25) is 0 Å². The number of nitrogens with two attached hydrogens (primary N) is 1. The van der Waals surface area contributed by atoms with Crippen molar-refractivity contribution in [2.24, 2.45) is 0 Å². The Kier molecular flexibility index (Phi) is 2.51.